The van der Waals surface area contributed by atoms with E-state index in [1.807, 2.05) is 55.5 Å². The van der Waals surface area contributed by atoms with Gasteiger partial charge in [0, 0.05) is 10.0 Å². The van der Waals surface area contributed by atoms with Crippen LogP contribution in [0.5, 0.6) is 0 Å². The van der Waals surface area contributed by atoms with E-state index in [2.05, 4.69) is 22.0 Å². The van der Waals surface area contributed by atoms with Gasteiger partial charge in [0.15, 0.2) is 0 Å². The molecule has 3 rings (SSSR count). The third-order valence-corrected chi connectivity index (χ3v) is 5.05. The minimum absolute atomic E-state index is 0.553. The van der Waals surface area contributed by atoms with E-state index in [1.54, 1.807) is 0 Å². The lowest BCUT2D eigenvalue weighted by Gasteiger charge is -2.18. The van der Waals surface area contributed by atoms with Gasteiger partial charge in [-0.1, -0.05) is 60.1 Å². The Morgan fingerprint density at radius 3 is 2.57 bits per heavy atom. The van der Waals surface area contributed by atoms with Crippen LogP contribution in [0.3, 0.4) is 0 Å². The lowest BCUT2D eigenvalue weighted by atomic mass is 9.92. The summed E-state index contributed by atoms with van der Waals surface area (Å²) in [6.45, 7) is 2.01. The molecule has 0 aromatic heterocycles. The van der Waals surface area contributed by atoms with Gasteiger partial charge in [-0.3, -0.25) is 0 Å². The quantitative estimate of drug-likeness (QED) is 0.625. The molecule has 106 valence electrons. The molecule has 0 radical (unpaired) electrons. The third kappa shape index (κ3) is 2.59. The molecule has 3 aromatic carbocycles. The zero-order valence-electron chi connectivity index (χ0n) is 11.5. The van der Waals surface area contributed by atoms with Crippen LogP contribution in [0.25, 0.3) is 10.8 Å². The molecule has 21 heavy (non-hydrogen) atoms. The molecule has 3 heteroatoms. The van der Waals surface area contributed by atoms with E-state index in [4.69, 9.17) is 11.6 Å². The van der Waals surface area contributed by atoms with Gasteiger partial charge in [-0.2, -0.15) is 0 Å². The lowest BCUT2D eigenvalue weighted by molar-refractivity contribution is 0.221. The summed E-state index contributed by atoms with van der Waals surface area (Å²) in [5.74, 6) is 0. The monoisotopic (exact) mass is 360 g/mol. The molecule has 1 atom stereocenters. The van der Waals surface area contributed by atoms with Gasteiger partial charge in [-0.05, 0) is 50.8 Å². The third-order valence-electron chi connectivity index (χ3n) is 3.74. The van der Waals surface area contributed by atoms with E-state index in [0.29, 0.717) is 10.6 Å². The van der Waals surface area contributed by atoms with E-state index >= 15 is 0 Å². The second-order valence-electron chi connectivity index (χ2n) is 5.06. The average Bonchev–Trinajstić information content (AvgIpc) is 2.49. The van der Waals surface area contributed by atoms with Crippen LogP contribution in [0.4, 0.5) is 0 Å². The van der Waals surface area contributed by atoms with Crippen molar-refractivity contribution in [2.45, 2.75) is 13.0 Å². The van der Waals surface area contributed by atoms with E-state index in [1.165, 1.54) is 0 Å². The number of hydrogen-bond acceptors (Lipinski definition) is 1. The van der Waals surface area contributed by atoms with Gasteiger partial charge in [0.1, 0.15) is 6.10 Å². The fraction of sp³-hybridized carbons (Fsp3) is 0.111. The molecule has 3 aromatic rings. The van der Waals surface area contributed by atoms with Crippen LogP contribution < -0.4 is 0 Å². The summed E-state index contributed by atoms with van der Waals surface area (Å²) in [6.07, 6.45) is -0.749. The minimum atomic E-state index is -0.749. The molecule has 0 aliphatic rings. The summed E-state index contributed by atoms with van der Waals surface area (Å²) in [5, 5.41) is 13.6. The first kappa shape index (κ1) is 14.6. The first-order chi connectivity index (χ1) is 10.1. The van der Waals surface area contributed by atoms with Crippen molar-refractivity contribution in [2.75, 3.05) is 0 Å². The van der Waals surface area contributed by atoms with Crippen molar-refractivity contribution in [3.63, 3.8) is 0 Å². The van der Waals surface area contributed by atoms with Crippen LogP contribution in [-0.2, 0) is 0 Å². The van der Waals surface area contributed by atoms with Crippen molar-refractivity contribution in [2.24, 2.45) is 0 Å². The Balaban J connectivity index is 2.24. The molecule has 0 aliphatic heterocycles. The van der Waals surface area contributed by atoms with Gasteiger partial charge in [-0.25, -0.2) is 0 Å². The molecule has 1 nitrogen and oxygen atoms in total. The second-order valence-corrected chi connectivity index (χ2v) is 6.30. The minimum Gasteiger partial charge on any atom is -0.384 e. The van der Waals surface area contributed by atoms with E-state index < -0.39 is 6.10 Å². The van der Waals surface area contributed by atoms with Crippen molar-refractivity contribution in [3.8, 4) is 0 Å². The summed E-state index contributed by atoms with van der Waals surface area (Å²) in [4.78, 5) is 0. The van der Waals surface area contributed by atoms with Gasteiger partial charge in [0.25, 0.3) is 0 Å². The fourth-order valence-corrected chi connectivity index (χ4v) is 3.27. The highest BCUT2D eigenvalue weighted by Gasteiger charge is 2.19. The molecule has 0 amide bonds. The summed E-state index contributed by atoms with van der Waals surface area (Å²) in [7, 11) is 0. The number of halogens is 2. The first-order valence-electron chi connectivity index (χ1n) is 6.70. The Morgan fingerprint density at radius 2 is 1.76 bits per heavy atom. The van der Waals surface area contributed by atoms with Crippen molar-refractivity contribution in [1.82, 2.24) is 0 Å². The predicted octanol–water partition coefficient (Wildman–Crippen LogP) is 5.65. The maximum absolute atomic E-state index is 10.9. The number of fused-ring (bicyclic) bond motifs is 1. The Bertz CT molecular complexity index is 813. The molecule has 0 spiro atoms. The zero-order chi connectivity index (χ0) is 15.0. The molecule has 0 heterocycles. The summed E-state index contributed by atoms with van der Waals surface area (Å²) >= 11 is 9.75. The molecule has 0 fully saturated rings. The van der Waals surface area contributed by atoms with Crippen LogP contribution in [0.15, 0.2) is 59.1 Å². The van der Waals surface area contributed by atoms with Crippen molar-refractivity contribution >= 4 is 38.3 Å². The molecule has 0 aliphatic carbocycles. The van der Waals surface area contributed by atoms with Gasteiger partial charge < -0.3 is 5.11 Å². The van der Waals surface area contributed by atoms with E-state index in [9.17, 15) is 5.11 Å². The maximum Gasteiger partial charge on any atom is 0.106 e. The highest BCUT2D eigenvalue weighted by atomic mass is 79.9. The van der Waals surface area contributed by atoms with Crippen LogP contribution in [0.2, 0.25) is 5.02 Å². The molecule has 1 N–H and O–H groups in total. The number of aryl methyl sites for hydroxylation is 1. The van der Waals surface area contributed by atoms with Crippen LogP contribution in [0.1, 0.15) is 22.8 Å². The normalized spacial score (nSPS) is 12.6. The number of aliphatic hydroxyl groups is 1. The molecular formula is C18H14BrClO. The van der Waals surface area contributed by atoms with Gasteiger partial charge in [-0.15, -0.1) is 0 Å². The predicted molar refractivity (Wildman–Crippen MR) is 91.9 cm³/mol. The lowest BCUT2D eigenvalue weighted by Crippen LogP contribution is -2.04. The molecular weight excluding hydrogens is 348 g/mol. The summed E-state index contributed by atoms with van der Waals surface area (Å²) in [6, 6.07) is 17.8. The van der Waals surface area contributed by atoms with Crippen LogP contribution >= 0.6 is 27.5 Å². The number of benzene rings is 3. The van der Waals surface area contributed by atoms with E-state index in [0.717, 1.165) is 26.4 Å². The number of hydrogen-bond donors (Lipinski definition) is 1. The fourth-order valence-electron chi connectivity index (χ4n) is 2.65. The maximum atomic E-state index is 10.9. The first-order valence-corrected chi connectivity index (χ1v) is 7.87. The number of rotatable bonds is 2. The van der Waals surface area contributed by atoms with Crippen molar-refractivity contribution in [3.05, 3.63) is 80.8 Å². The van der Waals surface area contributed by atoms with E-state index in [-0.39, 0.29) is 0 Å². The average molecular weight is 362 g/mol. The molecule has 1 unspecified atom stereocenters. The largest absolute Gasteiger partial charge is 0.384 e. The zero-order valence-corrected chi connectivity index (χ0v) is 13.8. The molecule has 0 bridgehead atoms. The van der Waals surface area contributed by atoms with Crippen molar-refractivity contribution < 1.29 is 5.11 Å². The van der Waals surface area contributed by atoms with Gasteiger partial charge in [0.05, 0.1) is 5.02 Å². The van der Waals surface area contributed by atoms with Crippen LogP contribution in [0, 0.1) is 6.92 Å². The molecule has 0 saturated heterocycles. The Labute approximate surface area is 137 Å². The summed E-state index contributed by atoms with van der Waals surface area (Å²) < 4.78 is 0.790. The van der Waals surface area contributed by atoms with Crippen molar-refractivity contribution in [1.29, 1.82) is 0 Å². The second kappa shape index (κ2) is 5.80. The smallest absolute Gasteiger partial charge is 0.106 e. The van der Waals surface area contributed by atoms with Gasteiger partial charge >= 0.3 is 0 Å². The summed E-state index contributed by atoms with van der Waals surface area (Å²) in [5.41, 5.74) is 2.68. The SMILES string of the molecule is Cc1ccc2ccccc2c1C(O)c1cccc(Br)c1Cl. The Morgan fingerprint density at radius 1 is 1.00 bits per heavy atom. The highest BCUT2D eigenvalue weighted by Crippen LogP contribution is 2.37. The van der Waals surface area contributed by atoms with Crippen LogP contribution in [-0.4, -0.2) is 5.11 Å². The standard InChI is InChI=1S/C18H14BrClO/c1-11-9-10-12-5-2-3-6-13(12)16(11)18(21)14-7-4-8-15(19)17(14)20/h2-10,18,21H,1H3. The van der Waals surface area contributed by atoms with Gasteiger partial charge in [0.2, 0.25) is 0 Å². The Hall–Kier alpha value is -1.35. The molecule has 0 saturated carbocycles. The highest BCUT2D eigenvalue weighted by molar-refractivity contribution is 9.10. The number of aliphatic hydroxyl groups excluding tert-OH is 1. The topological polar surface area (TPSA) is 20.2 Å². The Kier molecular flexibility index (Phi) is 4.03.